The van der Waals surface area contributed by atoms with Crippen molar-refractivity contribution in [1.82, 2.24) is 10.3 Å². The van der Waals surface area contributed by atoms with Gasteiger partial charge in [-0.25, -0.2) is 4.39 Å². The van der Waals surface area contributed by atoms with Crippen LogP contribution in [-0.2, 0) is 0 Å². The fourth-order valence-corrected chi connectivity index (χ4v) is 1.28. The smallest absolute Gasteiger partial charge is 0.141 e. The van der Waals surface area contributed by atoms with E-state index in [4.69, 9.17) is 0 Å². The summed E-state index contributed by atoms with van der Waals surface area (Å²) in [5.41, 5.74) is 1.74. The standard InChI is InChI=1S/C10H13FN2/c1-7(2)10(12-3)8-4-9(11)6-13-5-8/h4-6,10,12H,1H2,2-3H3. The van der Waals surface area contributed by atoms with Crippen LogP contribution in [0.3, 0.4) is 0 Å². The summed E-state index contributed by atoms with van der Waals surface area (Å²) in [5, 5.41) is 3.04. The summed E-state index contributed by atoms with van der Waals surface area (Å²) in [7, 11) is 1.81. The second kappa shape index (κ2) is 4.14. The van der Waals surface area contributed by atoms with E-state index >= 15 is 0 Å². The number of hydrogen-bond acceptors (Lipinski definition) is 2. The molecule has 0 aliphatic heterocycles. The molecule has 1 aromatic rings. The summed E-state index contributed by atoms with van der Waals surface area (Å²) < 4.78 is 12.8. The van der Waals surface area contributed by atoms with Crippen LogP contribution in [0.4, 0.5) is 4.39 Å². The predicted octanol–water partition coefficient (Wildman–Crippen LogP) is 2.06. The first-order valence-corrected chi connectivity index (χ1v) is 4.08. The van der Waals surface area contributed by atoms with Crippen LogP contribution in [-0.4, -0.2) is 12.0 Å². The molecule has 0 fully saturated rings. The average Bonchev–Trinajstić information content (AvgIpc) is 2.04. The minimum atomic E-state index is -0.320. The fraction of sp³-hybridized carbons (Fsp3) is 0.300. The van der Waals surface area contributed by atoms with Gasteiger partial charge in [0.25, 0.3) is 0 Å². The summed E-state index contributed by atoms with van der Waals surface area (Å²) >= 11 is 0. The zero-order valence-electron chi connectivity index (χ0n) is 7.84. The first-order chi connectivity index (χ1) is 6.15. The highest BCUT2D eigenvalue weighted by Crippen LogP contribution is 2.18. The van der Waals surface area contributed by atoms with Crippen molar-refractivity contribution in [2.24, 2.45) is 0 Å². The molecule has 0 radical (unpaired) electrons. The lowest BCUT2D eigenvalue weighted by atomic mass is 10.0. The molecule has 1 unspecified atom stereocenters. The van der Waals surface area contributed by atoms with E-state index in [9.17, 15) is 4.39 Å². The molecule has 0 aromatic carbocycles. The van der Waals surface area contributed by atoms with Crippen LogP contribution in [0.15, 0.2) is 30.6 Å². The molecule has 3 heteroatoms. The van der Waals surface area contributed by atoms with E-state index in [0.29, 0.717) is 0 Å². The van der Waals surface area contributed by atoms with Crippen LogP contribution in [0, 0.1) is 5.82 Å². The van der Waals surface area contributed by atoms with Gasteiger partial charge in [-0.2, -0.15) is 0 Å². The first kappa shape index (κ1) is 9.86. The first-order valence-electron chi connectivity index (χ1n) is 4.08. The molecule has 0 aliphatic carbocycles. The zero-order chi connectivity index (χ0) is 9.84. The largest absolute Gasteiger partial charge is 0.310 e. The van der Waals surface area contributed by atoms with Crippen LogP contribution >= 0.6 is 0 Å². The van der Waals surface area contributed by atoms with Crippen molar-refractivity contribution in [3.05, 3.63) is 42.0 Å². The molecule has 0 saturated carbocycles. The molecule has 0 bridgehead atoms. The molecule has 0 aliphatic rings. The number of hydrogen-bond donors (Lipinski definition) is 1. The predicted molar refractivity (Wildman–Crippen MR) is 50.8 cm³/mol. The Morgan fingerprint density at radius 1 is 1.62 bits per heavy atom. The normalized spacial score (nSPS) is 12.5. The van der Waals surface area contributed by atoms with Gasteiger partial charge in [-0.3, -0.25) is 4.98 Å². The Labute approximate surface area is 77.5 Å². The van der Waals surface area contributed by atoms with Crippen molar-refractivity contribution in [3.8, 4) is 0 Å². The molecule has 0 amide bonds. The molecule has 1 N–H and O–H groups in total. The zero-order valence-corrected chi connectivity index (χ0v) is 7.84. The SMILES string of the molecule is C=C(C)C(NC)c1cncc(F)c1. The van der Waals surface area contributed by atoms with Crippen molar-refractivity contribution in [2.75, 3.05) is 7.05 Å². The van der Waals surface area contributed by atoms with Crippen LogP contribution < -0.4 is 5.32 Å². The van der Waals surface area contributed by atoms with Gasteiger partial charge in [0.2, 0.25) is 0 Å². The number of nitrogens with zero attached hydrogens (tertiary/aromatic N) is 1. The summed E-state index contributed by atoms with van der Waals surface area (Å²) in [5.74, 6) is -0.320. The number of pyridine rings is 1. The molecule has 70 valence electrons. The Kier molecular flexibility index (Phi) is 3.14. The highest BCUT2D eigenvalue weighted by atomic mass is 19.1. The lowest BCUT2D eigenvalue weighted by Gasteiger charge is -2.15. The summed E-state index contributed by atoms with van der Waals surface area (Å²) in [6.45, 7) is 5.71. The lowest BCUT2D eigenvalue weighted by molar-refractivity contribution is 0.607. The average molecular weight is 180 g/mol. The van der Waals surface area contributed by atoms with Gasteiger partial charge in [-0.1, -0.05) is 12.2 Å². The molecule has 1 rings (SSSR count). The molecule has 1 aromatic heterocycles. The second-order valence-electron chi connectivity index (χ2n) is 3.00. The van der Waals surface area contributed by atoms with Crippen LogP contribution in [0.2, 0.25) is 0 Å². The lowest BCUT2D eigenvalue weighted by Crippen LogP contribution is -2.17. The van der Waals surface area contributed by atoms with E-state index in [1.807, 2.05) is 14.0 Å². The topological polar surface area (TPSA) is 24.9 Å². The molecule has 13 heavy (non-hydrogen) atoms. The highest BCUT2D eigenvalue weighted by Gasteiger charge is 2.10. The van der Waals surface area contributed by atoms with Gasteiger partial charge in [0.1, 0.15) is 5.82 Å². The van der Waals surface area contributed by atoms with Gasteiger partial charge in [0.15, 0.2) is 0 Å². The number of halogens is 1. The van der Waals surface area contributed by atoms with E-state index in [-0.39, 0.29) is 11.9 Å². The second-order valence-corrected chi connectivity index (χ2v) is 3.00. The monoisotopic (exact) mass is 180 g/mol. The number of rotatable bonds is 3. The number of likely N-dealkylation sites (N-methyl/N-ethyl adjacent to an activating group) is 1. The molecular formula is C10H13FN2. The van der Waals surface area contributed by atoms with Gasteiger partial charge >= 0.3 is 0 Å². The third-order valence-corrected chi connectivity index (χ3v) is 1.84. The maximum atomic E-state index is 12.8. The van der Waals surface area contributed by atoms with E-state index in [0.717, 1.165) is 11.1 Å². The van der Waals surface area contributed by atoms with Gasteiger partial charge in [0.05, 0.1) is 12.2 Å². The van der Waals surface area contributed by atoms with Crippen molar-refractivity contribution >= 4 is 0 Å². The number of nitrogens with one attached hydrogen (secondary N) is 1. The Morgan fingerprint density at radius 2 is 2.31 bits per heavy atom. The maximum absolute atomic E-state index is 12.8. The Balaban J connectivity index is 2.98. The van der Waals surface area contributed by atoms with Crippen LogP contribution in [0.5, 0.6) is 0 Å². The molecule has 1 heterocycles. The van der Waals surface area contributed by atoms with Crippen molar-refractivity contribution < 1.29 is 4.39 Å². The van der Waals surface area contributed by atoms with Gasteiger partial charge < -0.3 is 5.32 Å². The minimum Gasteiger partial charge on any atom is -0.310 e. The quantitative estimate of drug-likeness (QED) is 0.720. The van der Waals surface area contributed by atoms with Gasteiger partial charge in [0, 0.05) is 6.20 Å². The van der Waals surface area contributed by atoms with Crippen LogP contribution in [0.25, 0.3) is 0 Å². The third kappa shape index (κ3) is 2.36. The Morgan fingerprint density at radius 3 is 2.77 bits per heavy atom. The molecular weight excluding hydrogens is 167 g/mol. The molecule has 0 saturated heterocycles. The highest BCUT2D eigenvalue weighted by molar-refractivity contribution is 5.23. The third-order valence-electron chi connectivity index (χ3n) is 1.84. The number of aromatic nitrogens is 1. The maximum Gasteiger partial charge on any atom is 0.141 e. The molecule has 2 nitrogen and oxygen atoms in total. The van der Waals surface area contributed by atoms with E-state index < -0.39 is 0 Å². The van der Waals surface area contributed by atoms with E-state index in [1.165, 1.54) is 12.3 Å². The van der Waals surface area contributed by atoms with Crippen molar-refractivity contribution in [1.29, 1.82) is 0 Å². The van der Waals surface area contributed by atoms with E-state index in [1.54, 1.807) is 6.20 Å². The summed E-state index contributed by atoms with van der Waals surface area (Å²) in [4.78, 5) is 3.78. The van der Waals surface area contributed by atoms with Crippen molar-refractivity contribution in [3.63, 3.8) is 0 Å². The summed E-state index contributed by atoms with van der Waals surface area (Å²) in [6, 6.07) is 1.44. The van der Waals surface area contributed by atoms with Crippen molar-refractivity contribution in [2.45, 2.75) is 13.0 Å². The van der Waals surface area contributed by atoms with E-state index in [2.05, 4.69) is 16.9 Å². The fourth-order valence-electron chi connectivity index (χ4n) is 1.28. The minimum absolute atomic E-state index is 0.0248. The Hall–Kier alpha value is -1.22. The molecule has 0 spiro atoms. The van der Waals surface area contributed by atoms with Gasteiger partial charge in [-0.05, 0) is 25.6 Å². The summed E-state index contributed by atoms with van der Waals surface area (Å²) in [6.07, 6.45) is 2.83. The Bertz CT molecular complexity index is 310. The van der Waals surface area contributed by atoms with Crippen LogP contribution in [0.1, 0.15) is 18.5 Å². The van der Waals surface area contributed by atoms with Gasteiger partial charge in [-0.15, -0.1) is 0 Å². The molecule has 1 atom stereocenters.